The molecule has 1 heteroatoms. The Morgan fingerprint density at radius 3 is 1.66 bits per heavy atom. The van der Waals surface area contributed by atoms with Crippen LogP contribution in [0.1, 0.15) is 25.0 Å². The predicted octanol–water partition coefficient (Wildman–Crippen LogP) is 13.6. The normalized spacial score (nSPS) is 11.8. The quantitative estimate of drug-likeness (QED) is 0.145. The van der Waals surface area contributed by atoms with E-state index in [-0.39, 0.29) is 0 Å². The lowest BCUT2D eigenvalue weighted by molar-refractivity contribution is 0.670. The van der Waals surface area contributed by atoms with Crippen molar-refractivity contribution < 1.29 is 4.42 Å². The van der Waals surface area contributed by atoms with Crippen LogP contribution in [0.5, 0.6) is 0 Å². The minimum absolute atomic E-state index is 0.898. The van der Waals surface area contributed by atoms with E-state index in [0.717, 1.165) is 49.8 Å². The summed E-state index contributed by atoms with van der Waals surface area (Å²) >= 11 is 0. The zero-order valence-corrected chi connectivity index (χ0v) is 26.5. The topological polar surface area (TPSA) is 13.1 Å². The average Bonchev–Trinajstić information content (AvgIpc) is 3.49. The van der Waals surface area contributed by atoms with Gasteiger partial charge in [-0.1, -0.05) is 133 Å². The number of allylic oxidation sites excluding steroid dienone is 2. The number of furan rings is 1. The first kappa shape index (κ1) is 27.4. The standard InChI is InChI=1S/C46H32O/c1-27(2)29-21-23-37-41(24-29)44(39-18-11-17-38-35-16-9-10-19-43(35)47-46(38)39)36-22-20-30(28(3)4)25-42(36)45(37)40-26-31-12-5-6-13-32(31)33-14-7-8-15-34(33)40/h5-26H,1,3H2,2,4H3. The Hall–Kier alpha value is -5.92. The van der Waals surface area contributed by atoms with Crippen LogP contribution in [0.4, 0.5) is 0 Å². The van der Waals surface area contributed by atoms with E-state index < -0.39 is 0 Å². The van der Waals surface area contributed by atoms with Crippen molar-refractivity contribution in [3.63, 3.8) is 0 Å². The monoisotopic (exact) mass is 600 g/mol. The first-order chi connectivity index (χ1) is 23.0. The summed E-state index contributed by atoms with van der Waals surface area (Å²) in [5.41, 5.74) is 10.9. The van der Waals surface area contributed by atoms with E-state index in [1.54, 1.807) is 0 Å². The summed E-state index contributed by atoms with van der Waals surface area (Å²) in [6.45, 7) is 12.8. The molecule has 0 bridgehead atoms. The lowest BCUT2D eigenvalue weighted by Crippen LogP contribution is -1.94. The van der Waals surface area contributed by atoms with Crippen LogP contribution in [0.3, 0.4) is 0 Å². The molecule has 0 saturated carbocycles. The van der Waals surface area contributed by atoms with Crippen molar-refractivity contribution in [1.29, 1.82) is 0 Å². The lowest BCUT2D eigenvalue weighted by atomic mass is 9.82. The molecular weight excluding hydrogens is 569 g/mol. The Morgan fingerprint density at radius 1 is 0.426 bits per heavy atom. The van der Waals surface area contributed by atoms with Crippen LogP contribution in [-0.2, 0) is 0 Å². The van der Waals surface area contributed by atoms with Crippen molar-refractivity contribution in [2.45, 2.75) is 13.8 Å². The maximum atomic E-state index is 6.66. The second kappa shape index (κ2) is 10.3. The molecule has 8 aromatic carbocycles. The van der Waals surface area contributed by atoms with Gasteiger partial charge in [-0.3, -0.25) is 0 Å². The smallest absolute Gasteiger partial charge is 0.143 e. The SMILES string of the molecule is C=C(C)c1ccc2c(-c3cccc4c3oc3ccccc34)c3cc(C(=C)C)ccc3c(-c3cc4ccccc4c4ccccc34)c2c1. The first-order valence-corrected chi connectivity index (χ1v) is 16.1. The largest absolute Gasteiger partial charge is 0.455 e. The van der Waals surface area contributed by atoms with Crippen LogP contribution in [0.15, 0.2) is 151 Å². The van der Waals surface area contributed by atoms with Crippen molar-refractivity contribution in [1.82, 2.24) is 0 Å². The van der Waals surface area contributed by atoms with Crippen molar-refractivity contribution >= 4 is 76.2 Å². The Labute approximate surface area is 273 Å². The van der Waals surface area contributed by atoms with Gasteiger partial charge in [0, 0.05) is 21.9 Å². The fraction of sp³-hybridized carbons (Fsp3) is 0.0435. The van der Waals surface area contributed by atoms with E-state index in [1.165, 1.54) is 59.8 Å². The van der Waals surface area contributed by atoms with Gasteiger partial charge in [-0.2, -0.15) is 0 Å². The van der Waals surface area contributed by atoms with Gasteiger partial charge in [0.25, 0.3) is 0 Å². The van der Waals surface area contributed by atoms with Crippen LogP contribution >= 0.6 is 0 Å². The van der Waals surface area contributed by atoms with Crippen LogP contribution in [0, 0.1) is 0 Å². The molecule has 0 unspecified atom stereocenters. The molecule has 222 valence electrons. The third-order valence-electron chi connectivity index (χ3n) is 9.81. The zero-order valence-electron chi connectivity index (χ0n) is 26.5. The van der Waals surface area contributed by atoms with Crippen molar-refractivity contribution in [2.24, 2.45) is 0 Å². The fourth-order valence-electron chi connectivity index (χ4n) is 7.54. The predicted molar refractivity (Wildman–Crippen MR) is 204 cm³/mol. The van der Waals surface area contributed by atoms with Crippen molar-refractivity contribution in [2.75, 3.05) is 0 Å². The first-order valence-electron chi connectivity index (χ1n) is 16.1. The molecule has 0 saturated heterocycles. The highest BCUT2D eigenvalue weighted by molar-refractivity contribution is 6.27. The molecule has 0 atom stereocenters. The van der Waals surface area contributed by atoms with E-state index in [2.05, 4.69) is 154 Å². The molecule has 0 N–H and O–H groups in total. The number of para-hydroxylation sites is 2. The van der Waals surface area contributed by atoms with Crippen LogP contribution in [0.2, 0.25) is 0 Å². The summed E-state index contributed by atoms with van der Waals surface area (Å²) in [5, 5.41) is 12.0. The number of hydrogen-bond acceptors (Lipinski definition) is 1. The summed E-state index contributed by atoms with van der Waals surface area (Å²) in [6.07, 6.45) is 0. The van der Waals surface area contributed by atoms with E-state index >= 15 is 0 Å². The summed E-state index contributed by atoms with van der Waals surface area (Å²) in [7, 11) is 0. The fourth-order valence-corrected chi connectivity index (χ4v) is 7.54. The van der Waals surface area contributed by atoms with Gasteiger partial charge in [-0.25, -0.2) is 0 Å². The van der Waals surface area contributed by atoms with E-state index in [0.29, 0.717) is 0 Å². The van der Waals surface area contributed by atoms with Crippen LogP contribution in [-0.4, -0.2) is 0 Å². The highest BCUT2D eigenvalue weighted by Gasteiger charge is 2.22. The van der Waals surface area contributed by atoms with E-state index in [1.807, 2.05) is 6.07 Å². The minimum Gasteiger partial charge on any atom is -0.455 e. The molecule has 9 rings (SSSR count). The lowest BCUT2D eigenvalue weighted by Gasteiger charge is -2.21. The van der Waals surface area contributed by atoms with Gasteiger partial charge in [-0.15, -0.1) is 0 Å². The van der Waals surface area contributed by atoms with Gasteiger partial charge in [0.05, 0.1) is 0 Å². The molecular formula is C46H32O. The number of rotatable bonds is 4. The average molecular weight is 601 g/mol. The third kappa shape index (κ3) is 4.10. The van der Waals surface area contributed by atoms with Crippen LogP contribution in [0.25, 0.3) is 98.4 Å². The molecule has 0 radical (unpaired) electrons. The molecule has 1 heterocycles. The van der Waals surface area contributed by atoms with Gasteiger partial charge in [-0.05, 0) is 103 Å². The van der Waals surface area contributed by atoms with Gasteiger partial charge in [0.1, 0.15) is 11.2 Å². The maximum absolute atomic E-state index is 6.66. The van der Waals surface area contributed by atoms with E-state index in [4.69, 9.17) is 4.42 Å². The zero-order chi connectivity index (χ0) is 31.8. The Balaban J connectivity index is 1.53. The van der Waals surface area contributed by atoms with E-state index in [9.17, 15) is 0 Å². The van der Waals surface area contributed by atoms with Crippen LogP contribution < -0.4 is 0 Å². The highest BCUT2D eigenvalue weighted by Crippen LogP contribution is 2.49. The third-order valence-corrected chi connectivity index (χ3v) is 9.81. The Kier molecular flexibility index (Phi) is 6.01. The number of fused-ring (bicyclic) bond motifs is 8. The number of hydrogen-bond donors (Lipinski definition) is 0. The molecule has 0 aliphatic rings. The van der Waals surface area contributed by atoms with Gasteiger partial charge in [0.15, 0.2) is 0 Å². The van der Waals surface area contributed by atoms with Gasteiger partial charge < -0.3 is 4.42 Å². The molecule has 1 aromatic heterocycles. The molecule has 0 aliphatic carbocycles. The summed E-state index contributed by atoms with van der Waals surface area (Å²) in [6, 6.07) is 48.5. The minimum atomic E-state index is 0.898. The molecule has 9 aromatic rings. The maximum Gasteiger partial charge on any atom is 0.143 e. The molecule has 0 spiro atoms. The molecule has 47 heavy (non-hydrogen) atoms. The molecule has 0 fully saturated rings. The number of benzene rings is 8. The summed E-state index contributed by atoms with van der Waals surface area (Å²) < 4.78 is 6.66. The highest BCUT2D eigenvalue weighted by atomic mass is 16.3. The van der Waals surface area contributed by atoms with Gasteiger partial charge >= 0.3 is 0 Å². The summed E-state index contributed by atoms with van der Waals surface area (Å²) in [4.78, 5) is 0. The summed E-state index contributed by atoms with van der Waals surface area (Å²) in [5.74, 6) is 0. The molecule has 1 nitrogen and oxygen atoms in total. The second-order valence-electron chi connectivity index (χ2n) is 12.8. The van der Waals surface area contributed by atoms with Crippen molar-refractivity contribution in [3.8, 4) is 22.3 Å². The Bertz CT molecular complexity index is 2790. The molecule has 0 amide bonds. The van der Waals surface area contributed by atoms with Crippen molar-refractivity contribution in [3.05, 3.63) is 158 Å². The van der Waals surface area contributed by atoms with Gasteiger partial charge in [0.2, 0.25) is 0 Å². The molecule has 0 aliphatic heterocycles. The second-order valence-corrected chi connectivity index (χ2v) is 12.8. The Morgan fingerprint density at radius 2 is 0.979 bits per heavy atom.